The molecule has 0 aromatic heterocycles. The summed E-state index contributed by atoms with van der Waals surface area (Å²) in [6.45, 7) is 2.10. The SMILES string of the molecule is CCC1(O)c2ccccc2OCOc2ccccc21. The van der Waals surface area contributed by atoms with Crippen LogP contribution in [0.3, 0.4) is 0 Å². The lowest BCUT2D eigenvalue weighted by Crippen LogP contribution is -2.30. The van der Waals surface area contributed by atoms with Gasteiger partial charge in [-0.25, -0.2) is 0 Å². The molecule has 3 nitrogen and oxygen atoms in total. The second-order valence-corrected chi connectivity index (χ2v) is 4.61. The summed E-state index contributed by atoms with van der Waals surface area (Å²) in [5.74, 6) is 1.34. The monoisotopic (exact) mass is 256 g/mol. The van der Waals surface area contributed by atoms with Crippen LogP contribution in [-0.2, 0) is 5.60 Å². The van der Waals surface area contributed by atoms with Gasteiger partial charge >= 0.3 is 0 Å². The van der Waals surface area contributed by atoms with Crippen molar-refractivity contribution in [2.45, 2.75) is 18.9 Å². The molecule has 0 spiro atoms. The molecule has 1 heterocycles. The van der Waals surface area contributed by atoms with Gasteiger partial charge in [-0.2, -0.15) is 0 Å². The molecule has 0 amide bonds. The van der Waals surface area contributed by atoms with Gasteiger partial charge in [-0.15, -0.1) is 0 Å². The van der Waals surface area contributed by atoms with Crippen molar-refractivity contribution in [1.82, 2.24) is 0 Å². The zero-order chi connectivity index (χ0) is 13.3. The summed E-state index contributed by atoms with van der Waals surface area (Å²) in [6.07, 6.45) is 0.549. The number of rotatable bonds is 1. The molecule has 2 aromatic carbocycles. The summed E-state index contributed by atoms with van der Waals surface area (Å²) >= 11 is 0. The molecule has 0 bridgehead atoms. The van der Waals surface area contributed by atoms with Crippen molar-refractivity contribution in [1.29, 1.82) is 0 Å². The van der Waals surface area contributed by atoms with Crippen LogP contribution in [0.4, 0.5) is 0 Å². The van der Waals surface area contributed by atoms with Crippen LogP contribution in [0.5, 0.6) is 11.5 Å². The van der Waals surface area contributed by atoms with Crippen LogP contribution in [0.25, 0.3) is 0 Å². The van der Waals surface area contributed by atoms with E-state index >= 15 is 0 Å². The molecule has 0 aliphatic carbocycles. The van der Waals surface area contributed by atoms with Gasteiger partial charge in [0.05, 0.1) is 0 Å². The number of benzene rings is 2. The predicted molar refractivity (Wildman–Crippen MR) is 72.3 cm³/mol. The predicted octanol–water partition coefficient (Wildman–Crippen LogP) is 3.06. The first-order valence-electron chi connectivity index (χ1n) is 6.42. The van der Waals surface area contributed by atoms with E-state index in [0.29, 0.717) is 17.9 Å². The van der Waals surface area contributed by atoms with Crippen LogP contribution in [0.2, 0.25) is 0 Å². The molecule has 0 fully saturated rings. The van der Waals surface area contributed by atoms with E-state index in [1.165, 1.54) is 0 Å². The Kier molecular flexibility index (Phi) is 2.91. The average Bonchev–Trinajstić information content (AvgIpc) is 2.46. The molecule has 0 saturated heterocycles. The molecule has 0 unspecified atom stereocenters. The molecule has 0 saturated carbocycles. The topological polar surface area (TPSA) is 38.7 Å². The van der Waals surface area contributed by atoms with Gasteiger partial charge < -0.3 is 14.6 Å². The fourth-order valence-corrected chi connectivity index (χ4v) is 2.55. The number of aliphatic hydroxyl groups is 1. The van der Waals surface area contributed by atoms with Crippen LogP contribution in [0.15, 0.2) is 48.5 Å². The molecule has 19 heavy (non-hydrogen) atoms. The fourth-order valence-electron chi connectivity index (χ4n) is 2.55. The first kappa shape index (κ1) is 12.1. The minimum Gasteiger partial charge on any atom is -0.457 e. The molecule has 3 heteroatoms. The Bertz CT molecular complexity index is 545. The standard InChI is InChI=1S/C16H16O3/c1-2-16(17)12-7-3-5-9-14(12)18-11-19-15-10-6-4-8-13(15)16/h3-10,17H,2,11H2,1H3. The Balaban J connectivity index is 2.26. The van der Waals surface area contributed by atoms with E-state index in [-0.39, 0.29) is 6.79 Å². The van der Waals surface area contributed by atoms with Gasteiger partial charge in [0, 0.05) is 11.1 Å². The molecule has 2 aromatic rings. The fraction of sp³-hybridized carbons (Fsp3) is 0.250. The van der Waals surface area contributed by atoms with Crippen LogP contribution >= 0.6 is 0 Å². The van der Waals surface area contributed by atoms with E-state index in [2.05, 4.69) is 0 Å². The average molecular weight is 256 g/mol. The van der Waals surface area contributed by atoms with Gasteiger partial charge in [0.25, 0.3) is 0 Å². The van der Waals surface area contributed by atoms with E-state index in [1.807, 2.05) is 55.5 Å². The molecule has 1 N–H and O–H groups in total. The maximum absolute atomic E-state index is 11.1. The highest BCUT2D eigenvalue weighted by molar-refractivity contribution is 5.50. The summed E-state index contributed by atoms with van der Waals surface area (Å²) < 4.78 is 11.2. The highest BCUT2D eigenvalue weighted by atomic mass is 16.7. The third kappa shape index (κ3) is 1.87. The van der Waals surface area contributed by atoms with Crippen LogP contribution in [0.1, 0.15) is 24.5 Å². The Morgan fingerprint density at radius 2 is 1.42 bits per heavy atom. The van der Waals surface area contributed by atoms with Crippen molar-refractivity contribution in [3.8, 4) is 11.5 Å². The second-order valence-electron chi connectivity index (χ2n) is 4.61. The van der Waals surface area contributed by atoms with E-state index < -0.39 is 5.60 Å². The highest BCUT2D eigenvalue weighted by Crippen LogP contribution is 2.43. The van der Waals surface area contributed by atoms with E-state index in [1.54, 1.807) is 0 Å². The number of hydrogen-bond donors (Lipinski definition) is 1. The zero-order valence-electron chi connectivity index (χ0n) is 10.8. The maximum Gasteiger partial charge on any atom is 0.230 e. The van der Waals surface area contributed by atoms with Gasteiger partial charge in [-0.05, 0) is 18.6 Å². The van der Waals surface area contributed by atoms with Crippen LogP contribution in [-0.4, -0.2) is 11.9 Å². The second kappa shape index (κ2) is 4.59. The quantitative estimate of drug-likeness (QED) is 0.852. The van der Waals surface area contributed by atoms with Gasteiger partial charge in [0.15, 0.2) is 0 Å². The summed E-state index contributed by atoms with van der Waals surface area (Å²) in [5.41, 5.74) is 0.481. The van der Waals surface area contributed by atoms with Crippen molar-refractivity contribution in [3.63, 3.8) is 0 Å². The van der Waals surface area contributed by atoms with E-state index in [0.717, 1.165) is 11.1 Å². The van der Waals surface area contributed by atoms with E-state index in [9.17, 15) is 5.11 Å². The maximum atomic E-state index is 11.1. The number of hydrogen-bond acceptors (Lipinski definition) is 3. The Morgan fingerprint density at radius 1 is 0.947 bits per heavy atom. The van der Waals surface area contributed by atoms with Gasteiger partial charge in [0.2, 0.25) is 6.79 Å². The van der Waals surface area contributed by atoms with Gasteiger partial charge in [-0.1, -0.05) is 43.3 Å². The Morgan fingerprint density at radius 3 is 1.89 bits per heavy atom. The first-order chi connectivity index (χ1) is 9.25. The molecule has 0 atom stereocenters. The summed E-state index contributed by atoms with van der Waals surface area (Å²) in [6, 6.07) is 15.1. The smallest absolute Gasteiger partial charge is 0.230 e. The largest absolute Gasteiger partial charge is 0.457 e. The van der Waals surface area contributed by atoms with E-state index in [4.69, 9.17) is 9.47 Å². The summed E-state index contributed by atoms with van der Waals surface area (Å²) in [5, 5.41) is 11.1. The highest BCUT2D eigenvalue weighted by Gasteiger charge is 2.36. The summed E-state index contributed by atoms with van der Waals surface area (Å²) in [7, 11) is 0. The third-order valence-corrected chi connectivity index (χ3v) is 3.61. The van der Waals surface area contributed by atoms with Crippen LogP contribution < -0.4 is 9.47 Å². The lowest BCUT2D eigenvalue weighted by Gasteiger charge is -2.33. The number of ether oxygens (including phenoxy) is 2. The van der Waals surface area contributed by atoms with Gasteiger partial charge in [-0.3, -0.25) is 0 Å². The zero-order valence-corrected chi connectivity index (χ0v) is 10.8. The molecule has 98 valence electrons. The molecule has 3 rings (SSSR count). The Hall–Kier alpha value is -2.00. The normalized spacial score (nSPS) is 16.1. The molecule has 1 aliphatic heterocycles. The number of fused-ring (bicyclic) bond motifs is 2. The Labute approximate surface area is 112 Å². The molecule has 0 radical (unpaired) electrons. The molecule has 1 aliphatic rings. The lowest BCUT2D eigenvalue weighted by molar-refractivity contribution is 0.0459. The first-order valence-corrected chi connectivity index (χ1v) is 6.42. The minimum atomic E-state index is -1.09. The third-order valence-electron chi connectivity index (χ3n) is 3.61. The summed E-state index contributed by atoms with van der Waals surface area (Å²) in [4.78, 5) is 0. The lowest BCUT2D eigenvalue weighted by atomic mass is 9.83. The van der Waals surface area contributed by atoms with Crippen molar-refractivity contribution < 1.29 is 14.6 Å². The van der Waals surface area contributed by atoms with Gasteiger partial charge in [0.1, 0.15) is 17.1 Å². The minimum absolute atomic E-state index is 0.147. The van der Waals surface area contributed by atoms with Crippen molar-refractivity contribution in [2.75, 3.05) is 6.79 Å². The number of para-hydroxylation sites is 2. The molecular formula is C16H16O3. The van der Waals surface area contributed by atoms with Crippen molar-refractivity contribution >= 4 is 0 Å². The van der Waals surface area contributed by atoms with Crippen molar-refractivity contribution in [3.05, 3.63) is 59.7 Å². The molecular weight excluding hydrogens is 240 g/mol. The van der Waals surface area contributed by atoms with Crippen LogP contribution in [0, 0.1) is 0 Å². The van der Waals surface area contributed by atoms with Crippen molar-refractivity contribution in [2.24, 2.45) is 0 Å².